The zero-order chi connectivity index (χ0) is 17.3. The van der Waals surface area contributed by atoms with Crippen molar-refractivity contribution in [2.75, 3.05) is 26.2 Å². The van der Waals surface area contributed by atoms with E-state index < -0.39 is 0 Å². The number of nitrogens with one attached hydrogen (secondary N) is 3. The molecule has 0 spiro atoms. The van der Waals surface area contributed by atoms with Gasteiger partial charge >= 0.3 is 0 Å². The average molecular weight is 334 g/mol. The number of carbonyl (C=O) groups excluding carboxylic acids is 1. The predicted octanol–water partition coefficient (Wildman–Crippen LogP) is 2.53. The number of rotatable bonds is 8. The molecule has 0 saturated heterocycles. The van der Waals surface area contributed by atoms with Gasteiger partial charge in [-0.1, -0.05) is 19.8 Å². The van der Waals surface area contributed by atoms with E-state index in [1.165, 1.54) is 38.4 Å². The van der Waals surface area contributed by atoms with Crippen LogP contribution in [0.2, 0.25) is 0 Å². The second-order valence-corrected chi connectivity index (χ2v) is 6.42. The molecular weight excluding hydrogens is 304 g/mol. The van der Waals surface area contributed by atoms with Crippen molar-refractivity contribution >= 4 is 11.9 Å². The molecule has 1 fully saturated rings. The van der Waals surface area contributed by atoms with Crippen LogP contribution < -0.4 is 16.0 Å². The lowest BCUT2D eigenvalue weighted by Gasteiger charge is -2.25. The molecule has 134 valence electrons. The molecule has 6 heteroatoms. The third-order valence-electron chi connectivity index (χ3n) is 4.78. The third-order valence-corrected chi connectivity index (χ3v) is 4.78. The van der Waals surface area contributed by atoms with Crippen LogP contribution in [0.25, 0.3) is 0 Å². The highest BCUT2D eigenvalue weighted by Crippen LogP contribution is 2.41. The summed E-state index contributed by atoms with van der Waals surface area (Å²) < 4.78 is 5.06. The highest BCUT2D eigenvalue weighted by Gasteiger charge is 2.31. The van der Waals surface area contributed by atoms with Gasteiger partial charge in [0.15, 0.2) is 11.7 Å². The van der Waals surface area contributed by atoms with Crippen molar-refractivity contribution in [1.29, 1.82) is 0 Å². The average Bonchev–Trinajstić information content (AvgIpc) is 3.28. The van der Waals surface area contributed by atoms with Gasteiger partial charge in [0.1, 0.15) is 0 Å². The van der Waals surface area contributed by atoms with Crippen LogP contribution in [0.1, 0.15) is 56.5 Å². The Kier molecular flexibility index (Phi) is 7.15. The molecule has 0 unspecified atom stereocenters. The van der Waals surface area contributed by atoms with Gasteiger partial charge in [0.25, 0.3) is 5.91 Å². The summed E-state index contributed by atoms with van der Waals surface area (Å²) in [6.07, 6.45) is 7.90. The van der Waals surface area contributed by atoms with E-state index in [1.54, 1.807) is 12.1 Å². The Morgan fingerprint density at radius 3 is 2.58 bits per heavy atom. The SMILES string of the molecule is CCNC(=NCC1(CC)CCCC1)NCCNC(=O)c1ccco1. The summed E-state index contributed by atoms with van der Waals surface area (Å²) in [5, 5.41) is 9.37. The summed E-state index contributed by atoms with van der Waals surface area (Å²) >= 11 is 0. The molecule has 1 aliphatic carbocycles. The third kappa shape index (κ3) is 5.28. The van der Waals surface area contributed by atoms with Crippen LogP contribution in [0, 0.1) is 5.41 Å². The zero-order valence-electron chi connectivity index (χ0n) is 14.9. The number of amides is 1. The maximum atomic E-state index is 11.8. The molecular formula is C18H30N4O2. The van der Waals surface area contributed by atoms with E-state index >= 15 is 0 Å². The van der Waals surface area contributed by atoms with Gasteiger partial charge in [-0.05, 0) is 43.7 Å². The molecule has 2 rings (SSSR count). The van der Waals surface area contributed by atoms with Gasteiger partial charge < -0.3 is 20.4 Å². The molecule has 1 aromatic rings. The van der Waals surface area contributed by atoms with Crippen molar-refractivity contribution in [2.45, 2.75) is 46.0 Å². The molecule has 3 N–H and O–H groups in total. The quantitative estimate of drug-likeness (QED) is 0.388. The van der Waals surface area contributed by atoms with Crippen molar-refractivity contribution in [3.63, 3.8) is 0 Å². The summed E-state index contributed by atoms with van der Waals surface area (Å²) in [4.78, 5) is 16.5. The van der Waals surface area contributed by atoms with E-state index in [0.29, 0.717) is 24.3 Å². The molecule has 24 heavy (non-hydrogen) atoms. The van der Waals surface area contributed by atoms with Crippen molar-refractivity contribution in [3.05, 3.63) is 24.2 Å². The summed E-state index contributed by atoms with van der Waals surface area (Å²) in [6, 6.07) is 3.36. The van der Waals surface area contributed by atoms with Crippen molar-refractivity contribution in [3.8, 4) is 0 Å². The summed E-state index contributed by atoms with van der Waals surface area (Å²) in [6.45, 7) is 7.16. The molecule has 1 heterocycles. The minimum absolute atomic E-state index is 0.195. The fourth-order valence-corrected chi connectivity index (χ4v) is 3.19. The fraction of sp³-hybridized carbons (Fsp3) is 0.667. The van der Waals surface area contributed by atoms with Crippen LogP contribution in [0.15, 0.2) is 27.8 Å². The van der Waals surface area contributed by atoms with Crippen LogP contribution in [-0.4, -0.2) is 38.0 Å². The standard InChI is InChI=1S/C18H30N4O2/c1-3-18(9-5-6-10-18)14-22-17(19-4-2)21-12-11-20-16(23)15-8-7-13-24-15/h7-8,13H,3-6,9-12,14H2,1-2H3,(H,20,23)(H2,19,21,22). The summed E-state index contributed by atoms with van der Waals surface area (Å²) in [7, 11) is 0. The highest BCUT2D eigenvalue weighted by atomic mass is 16.3. The molecule has 6 nitrogen and oxygen atoms in total. The Morgan fingerprint density at radius 2 is 1.96 bits per heavy atom. The molecule has 1 amide bonds. The lowest BCUT2D eigenvalue weighted by molar-refractivity contribution is 0.0926. The Hall–Kier alpha value is -1.98. The first kappa shape index (κ1) is 18.4. The Labute approximate surface area is 144 Å². The van der Waals surface area contributed by atoms with E-state index in [4.69, 9.17) is 9.41 Å². The Balaban J connectivity index is 1.76. The first-order valence-electron chi connectivity index (χ1n) is 9.03. The molecule has 1 aromatic heterocycles. The van der Waals surface area contributed by atoms with E-state index in [2.05, 4.69) is 29.8 Å². The van der Waals surface area contributed by atoms with Crippen LogP contribution in [0.4, 0.5) is 0 Å². The van der Waals surface area contributed by atoms with Crippen molar-refractivity contribution in [2.24, 2.45) is 10.4 Å². The molecule has 1 saturated carbocycles. The molecule has 0 bridgehead atoms. The number of nitrogens with zero attached hydrogens (tertiary/aromatic N) is 1. The lowest BCUT2D eigenvalue weighted by Crippen LogP contribution is -2.42. The number of carbonyl (C=O) groups is 1. The number of aliphatic imine (C=N–C) groups is 1. The molecule has 0 aromatic carbocycles. The van der Waals surface area contributed by atoms with Crippen molar-refractivity contribution < 1.29 is 9.21 Å². The predicted molar refractivity (Wildman–Crippen MR) is 96.2 cm³/mol. The minimum atomic E-state index is -0.195. The van der Waals surface area contributed by atoms with E-state index in [9.17, 15) is 4.79 Å². The maximum Gasteiger partial charge on any atom is 0.287 e. The normalized spacial score (nSPS) is 16.8. The van der Waals surface area contributed by atoms with Gasteiger partial charge in [-0.25, -0.2) is 0 Å². The van der Waals surface area contributed by atoms with Gasteiger partial charge in [-0.15, -0.1) is 0 Å². The maximum absolute atomic E-state index is 11.8. The number of guanidine groups is 1. The molecule has 0 atom stereocenters. The van der Waals surface area contributed by atoms with Gasteiger partial charge in [-0.3, -0.25) is 9.79 Å². The summed E-state index contributed by atoms with van der Waals surface area (Å²) in [5.41, 5.74) is 0.385. The van der Waals surface area contributed by atoms with Crippen LogP contribution in [0.3, 0.4) is 0 Å². The van der Waals surface area contributed by atoms with Gasteiger partial charge in [0.05, 0.1) is 6.26 Å². The Morgan fingerprint density at radius 1 is 1.21 bits per heavy atom. The van der Waals surface area contributed by atoms with Crippen LogP contribution in [-0.2, 0) is 0 Å². The second-order valence-electron chi connectivity index (χ2n) is 6.42. The zero-order valence-corrected chi connectivity index (χ0v) is 14.9. The van der Waals surface area contributed by atoms with Crippen LogP contribution >= 0.6 is 0 Å². The molecule has 0 aliphatic heterocycles. The highest BCUT2D eigenvalue weighted by molar-refractivity contribution is 5.91. The molecule has 1 aliphatic rings. The van der Waals surface area contributed by atoms with E-state index in [1.807, 2.05) is 0 Å². The Bertz CT molecular complexity index is 519. The number of furan rings is 1. The first-order chi connectivity index (χ1) is 11.7. The molecule has 0 radical (unpaired) electrons. The van der Waals surface area contributed by atoms with Gasteiger partial charge in [0.2, 0.25) is 0 Å². The van der Waals surface area contributed by atoms with Crippen LogP contribution in [0.5, 0.6) is 0 Å². The second kappa shape index (κ2) is 9.35. The smallest absolute Gasteiger partial charge is 0.287 e. The lowest BCUT2D eigenvalue weighted by atomic mass is 9.84. The largest absolute Gasteiger partial charge is 0.459 e. The number of hydrogen-bond acceptors (Lipinski definition) is 3. The van der Waals surface area contributed by atoms with E-state index in [-0.39, 0.29) is 5.91 Å². The monoisotopic (exact) mass is 334 g/mol. The van der Waals surface area contributed by atoms with Gasteiger partial charge in [-0.2, -0.15) is 0 Å². The number of hydrogen-bond donors (Lipinski definition) is 3. The summed E-state index contributed by atoms with van der Waals surface area (Å²) in [5.74, 6) is 0.964. The first-order valence-corrected chi connectivity index (χ1v) is 9.03. The van der Waals surface area contributed by atoms with Crippen molar-refractivity contribution in [1.82, 2.24) is 16.0 Å². The van der Waals surface area contributed by atoms with Gasteiger partial charge in [0, 0.05) is 26.2 Å². The minimum Gasteiger partial charge on any atom is -0.459 e. The topological polar surface area (TPSA) is 78.7 Å². The fourth-order valence-electron chi connectivity index (χ4n) is 3.19. The van der Waals surface area contributed by atoms with E-state index in [0.717, 1.165) is 19.0 Å².